The number of aromatic hydroxyl groups is 1. The van der Waals surface area contributed by atoms with Crippen LogP contribution in [0, 0.1) is 16.0 Å². The smallest absolute Gasteiger partial charge is 0.269 e. The molecule has 3 aromatic carbocycles. The van der Waals surface area contributed by atoms with Crippen LogP contribution in [0.2, 0.25) is 10.0 Å². The number of fused-ring (bicyclic) bond motifs is 1. The standard InChI is InChI=1S/C23H15Cl2N3O6/c24-12-10-16(20(29)17(25)11-12)19-18-21(34-27(19)14-4-2-1-3-5-14)23(31)26(22(18)30)13-6-8-15(9-7-13)28(32)33/h1-11,18-19,21,29H/t18-,19-,21-/m1/s1. The summed E-state index contributed by atoms with van der Waals surface area (Å²) in [6.07, 6.45) is -1.19. The number of rotatable bonds is 4. The first-order chi connectivity index (χ1) is 16.3. The summed E-state index contributed by atoms with van der Waals surface area (Å²) in [4.78, 5) is 44.2. The van der Waals surface area contributed by atoms with Crippen molar-refractivity contribution in [2.45, 2.75) is 12.1 Å². The minimum Gasteiger partial charge on any atom is -0.506 e. The zero-order chi connectivity index (χ0) is 24.1. The number of anilines is 2. The van der Waals surface area contributed by atoms with Crippen LogP contribution in [0.5, 0.6) is 5.75 Å². The zero-order valence-corrected chi connectivity index (χ0v) is 18.7. The quantitative estimate of drug-likeness (QED) is 0.315. The van der Waals surface area contributed by atoms with Gasteiger partial charge in [-0.05, 0) is 36.4 Å². The van der Waals surface area contributed by atoms with Gasteiger partial charge in [-0.2, -0.15) is 0 Å². The average molecular weight is 500 g/mol. The number of carbonyl (C=O) groups excluding carboxylic acids is 2. The van der Waals surface area contributed by atoms with Gasteiger partial charge in [0.1, 0.15) is 11.7 Å². The maximum absolute atomic E-state index is 13.6. The summed E-state index contributed by atoms with van der Waals surface area (Å²) in [6.45, 7) is 0. The third kappa shape index (κ3) is 3.45. The number of imide groups is 1. The van der Waals surface area contributed by atoms with Crippen molar-refractivity contribution < 1.29 is 24.5 Å². The number of non-ortho nitro benzene ring substituents is 1. The third-order valence-corrected chi connectivity index (χ3v) is 6.33. The van der Waals surface area contributed by atoms with Crippen molar-refractivity contribution >= 4 is 52.1 Å². The molecular formula is C23H15Cl2N3O6. The molecule has 0 aliphatic carbocycles. The van der Waals surface area contributed by atoms with Gasteiger partial charge in [0.05, 0.1) is 27.4 Å². The lowest BCUT2D eigenvalue weighted by molar-refractivity contribution is -0.384. The molecule has 34 heavy (non-hydrogen) atoms. The first-order valence-corrected chi connectivity index (χ1v) is 10.8. The van der Waals surface area contributed by atoms with Gasteiger partial charge in [0.2, 0.25) is 5.91 Å². The van der Waals surface area contributed by atoms with Crippen molar-refractivity contribution in [3.63, 3.8) is 0 Å². The maximum atomic E-state index is 13.6. The highest BCUT2D eigenvalue weighted by Crippen LogP contribution is 2.51. The van der Waals surface area contributed by atoms with Crippen molar-refractivity contribution in [3.8, 4) is 5.75 Å². The van der Waals surface area contributed by atoms with E-state index in [1.807, 2.05) is 0 Å². The lowest BCUT2D eigenvalue weighted by Gasteiger charge is -2.29. The van der Waals surface area contributed by atoms with Gasteiger partial charge in [-0.15, -0.1) is 0 Å². The molecule has 2 saturated heterocycles. The Hall–Kier alpha value is -3.66. The molecule has 1 N–H and O–H groups in total. The third-order valence-electron chi connectivity index (χ3n) is 5.82. The Morgan fingerprint density at radius 3 is 2.26 bits per heavy atom. The van der Waals surface area contributed by atoms with Crippen LogP contribution in [0.3, 0.4) is 0 Å². The molecule has 172 valence electrons. The van der Waals surface area contributed by atoms with E-state index >= 15 is 0 Å². The van der Waals surface area contributed by atoms with Crippen molar-refractivity contribution in [2.75, 3.05) is 9.96 Å². The molecule has 0 bridgehead atoms. The highest BCUT2D eigenvalue weighted by molar-refractivity contribution is 6.35. The van der Waals surface area contributed by atoms with Gasteiger partial charge in [0.15, 0.2) is 6.10 Å². The second kappa shape index (κ2) is 8.28. The van der Waals surface area contributed by atoms with Gasteiger partial charge in [-0.25, -0.2) is 9.96 Å². The minimum absolute atomic E-state index is 0.0111. The molecule has 2 aliphatic heterocycles. The summed E-state index contributed by atoms with van der Waals surface area (Å²) in [5.41, 5.74) is 0.781. The Bertz CT molecular complexity index is 1320. The van der Waals surface area contributed by atoms with E-state index in [0.717, 1.165) is 4.90 Å². The largest absolute Gasteiger partial charge is 0.506 e. The van der Waals surface area contributed by atoms with Gasteiger partial charge in [-0.3, -0.25) is 24.5 Å². The number of hydrogen-bond acceptors (Lipinski definition) is 7. The summed E-state index contributed by atoms with van der Waals surface area (Å²) in [5, 5.41) is 23.3. The molecule has 3 atom stereocenters. The Kier molecular flexibility index (Phi) is 5.40. The summed E-state index contributed by atoms with van der Waals surface area (Å²) in [6, 6.07) is 15.8. The molecule has 3 aromatic rings. The fourth-order valence-corrected chi connectivity index (χ4v) is 4.83. The van der Waals surface area contributed by atoms with E-state index in [-0.39, 0.29) is 32.7 Å². The van der Waals surface area contributed by atoms with Gasteiger partial charge in [0, 0.05) is 22.7 Å². The average Bonchev–Trinajstić information content (AvgIpc) is 3.33. The van der Waals surface area contributed by atoms with E-state index in [9.17, 15) is 24.8 Å². The zero-order valence-electron chi connectivity index (χ0n) is 17.2. The second-order valence-corrected chi connectivity index (χ2v) is 8.61. The molecule has 11 heteroatoms. The van der Waals surface area contributed by atoms with Gasteiger partial charge < -0.3 is 5.11 Å². The van der Waals surface area contributed by atoms with Crippen molar-refractivity contribution in [1.82, 2.24) is 0 Å². The highest BCUT2D eigenvalue weighted by Gasteiger charge is 2.60. The SMILES string of the molecule is O=C1[C@@H]2[C@@H](c3cc(Cl)cc(Cl)c3O)N(c3ccccc3)O[C@H]2C(=O)N1c1ccc([N+](=O)[O-])cc1. The predicted octanol–water partition coefficient (Wildman–Crippen LogP) is 4.66. The van der Waals surface area contributed by atoms with Crippen LogP contribution in [0.15, 0.2) is 66.7 Å². The van der Waals surface area contributed by atoms with Crippen LogP contribution in [-0.4, -0.2) is 27.9 Å². The summed E-state index contributed by atoms with van der Waals surface area (Å²) >= 11 is 12.3. The Balaban J connectivity index is 1.60. The summed E-state index contributed by atoms with van der Waals surface area (Å²) in [7, 11) is 0. The summed E-state index contributed by atoms with van der Waals surface area (Å²) < 4.78 is 0. The topological polar surface area (TPSA) is 113 Å². The molecule has 0 saturated carbocycles. The van der Waals surface area contributed by atoms with Crippen LogP contribution in [0.4, 0.5) is 17.1 Å². The molecule has 2 fully saturated rings. The van der Waals surface area contributed by atoms with Crippen LogP contribution in [0.25, 0.3) is 0 Å². The normalized spacial score (nSPS) is 21.8. The van der Waals surface area contributed by atoms with Crippen molar-refractivity contribution in [2.24, 2.45) is 5.92 Å². The number of phenolic OH excluding ortho intramolecular Hbond substituents is 1. The Labute approximate surface area is 202 Å². The second-order valence-electron chi connectivity index (χ2n) is 7.77. The van der Waals surface area contributed by atoms with Crippen molar-refractivity contribution in [3.05, 3.63) is 92.5 Å². The molecular weight excluding hydrogens is 485 g/mol. The lowest BCUT2D eigenvalue weighted by atomic mass is 9.90. The maximum Gasteiger partial charge on any atom is 0.269 e. The van der Waals surface area contributed by atoms with Crippen molar-refractivity contribution in [1.29, 1.82) is 0 Å². The van der Waals surface area contributed by atoms with E-state index in [1.165, 1.54) is 41.5 Å². The van der Waals surface area contributed by atoms with E-state index in [2.05, 4.69) is 0 Å². The predicted molar refractivity (Wildman–Crippen MR) is 124 cm³/mol. The van der Waals surface area contributed by atoms with E-state index in [0.29, 0.717) is 5.69 Å². The lowest BCUT2D eigenvalue weighted by Crippen LogP contribution is -2.37. The van der Waals surface area contributed by atoms with Crippen LogP contribution < -0.4 is 9.96 Å². The first-order valence-electron chi connectivity index (χ1n) is 10.1. The Morgan fingerprint density at radius 2 is 1.62 bits per heavy atom. The van der Waals surface area contributed by atoms with Crippen LogP contribution in [-0.2, 0) is 14.4 Å². The van der Waals surface area contributed by atoms with Crippen LogP contribution in [0.1, 0.15) is 11.6 Å². The van der Waals surface area contributed by atoms with Gasteiger partial charge >= 0.3 is 0 Å². The Morgan fingerprint density at radius 1 is 0.941 bits per heavy atom. The molecule has 2 aliphatic rings. The molecule has 2 amide bonds. The molecule has 5 rings (SSSR count). The molecule has 0 radical (unpaired) electrons. The number of nitro benzene ring substituents is 1. The van der Waals surface area contributed by atoms with E-state index in [1.54, 1.807) is 30.3 Å². The minimum atomic E-state index is -1.19. The first kappa shape index (κ1) is 22.1. The number of benzene rings is 3. The van der Waals surface area contributed by atoms with Gasteiger partial charge in [0.25, 0.3) is 11.6 Å². The van der Waals surface area contributed by atoms with E-state index < -0.39 is 34.8 Å². The molecule has 9 nitrogen and oxygen atoms in total. The number of hydroxylamine groups is 1. The fourth-order valence-electron chi connectivity index (χ4n) is 4.32. The van der Waals surface area contributed by atoms with E-state index in [4.69, 9.17) is 28.0 Å². The number of halogens is 2. The number of nitrogens with zero attached hydrogens (tertiary/aromatic N) is 3. The summed E-state index contributed by atoms with van der Waals surface area (Å²) in [5.74, 6) is -2.53. The molecule has 2 heterocycles. The highest BCUT2D eigenvalue weighted by atomic mass is 35.5. The number of phenols is 1. The number of amides is 2. The molecule has 0 spiro atoms. The number of hydrogen-bond donors (Lipinski definition) is 1. The van der Waals surface area contributed by atoms with Gasteiger partial charge in [-0.1, -0.05) is 41.4 Å². The number of nitro groups is 1. The number of para-hydroxylation sites is 1. The molecule has 0 aromatic heterocycles. The van der Waals surface area contributed by atoms with Crippen LogP contribution >= 0.6 is 23.2 Å². The molecule has 0 unspecified atom stereocenters. The number of carbonyl (C=O) groups is 2. The fraction of sp³-hybridized carbons (Fsp3) is 0.130. The monoisotopic (exact) mass is 499 g/mol.